The van der Waals surface area contributed by atoms with Gasteiger partial charge in [-0.1, -0.05) is 12.1 Å². The van der Waals surface area contributed by atoms with Crippen LogP contribution in [0, 0.1) is 11.6 Å². The van der Waals surface area contributed by atoms with Crippen molar-refractivity contribution < 1.29 is 18.7 Å². The van der Waals surface area contributed by atoms with Crippen LogP contribution in [-0.4, -0.2) is 23.2 Å². The summed E-state index contributed by atoms with van der Waals surface area (Å²) in [7, 11) is 0. The summed E-state index contributed by atoms with van der Waals surface area (Å²) >= 11 is 0. The van der Waals surface area contributed by atoms with E-state index in [0.29, 0.717) is 6.42 Å². The standard InChI is InChI=1S/C13H17F2NO2/c1-8(6-9(2)17)16-12(18)7-10-4-3-5-11(14)13(10)15/h3-5,8-9,17H,6-7H2,1-2H3,(H,16,18). The Morgan fingerprint density at radius 3 is 2.67 bits per heavy atom. The number of rotatable bonds is 5. The van der Waals surface area contributed by atoms with Crippen molar-refractivity contribution in [2.24, 2.45) is 0 Å². The topological polar surface area (TPSA) is 49.3 Å². The molecule has 18 heavy (non-hydrogen) atoms. The van der Waals surface area contributed by atoms with Crippen LogP contribution in [-0.2, 0) is 11.2 Å². The Morgan fingerprint density at radius 2 is 2.06 bits per heavy atom. The van der Waals surface area contributed by atoms with E-state index in [-0.39, 0.29) is 18.0 Å². The molecule has 0 aliphatic rings. The number of hydrogen-bond acceptors (Lipinski definition) is 2. The fourth-order valence-corrected chi connectivity index (χ4v) is 1.75. The van der Waals surface area contributed by atoms with Crippen LogP contribution in [0.4, 0.5) is 8.78 Å². The van der Waals surface area contributed by atoms with Crippen molar-refractivity contribution in [3.05, 3.63) is 35.4 Å². The summed E-state index contributed by atoms with van der Waals surface area (Å²) in [6.45, 7) is 3.36. The highest BCUT2D eigenvalue weighted by Crippen LogP contribution is 2.12. The molecule has 2 unspecified atom stereocenters. The summed E-state index contributed by atoms with van der Waals surface area (Å²) < 4.78 is 26.2. The van der Waals surface area contributed by atoms with Crippen LogP contribution in [0.15, 0.2) is 18.2 Å². The van der Waals surface area contributed by atoms with Crippen molar-refractivity contribution in [2.75, 3.05) is 0 Å². The number of halogens is 2. The van der Waals surface area contributed by atoms with Gasteiger partial charge in [0.05, 0.1) is 12.5 Å². The average Bonchev–Trinajstić information content (AvgIpc) is 2.23. The maximum Gasteiger partial charge on any atom is 0.224 e. The molecule has 0 saturated carbocycles. The Kier molecular flexibility index (Phi) is 5.22. The number of hydrogen-bond donors (Lipinski definition) is 2. The number of benzene rings is 1. The minimum absolute atomic E-state index is 0.0248. The number of carbonyl (C=O) groups is 1. The number of aliphatic hydroxyl groups is 1. The van der Waals surface area contributed by atoms with E-state index in [9.17, 15) is 13.6 Å². The van der Waals surface area contributed by atoms with Crippen molar-refractivity contribution in [3.8, 4) is 0 Å². The third-order valence-corrected chi connectivity index (χ3v) is 2.48. The van der Waals surface area contributed by atoms with Crippen molar-refractivity contribution in [3.63, 3.8) is 0 Å². The number of nitrogens with one attached hydrogen (secondary N) is 1. The molecule has 0 aromatic heterocycles. The zero-order valence-corrected chi connectivity index (χ0v) is 10.4. The van der Waals surface area contributed by atoms with E-state index in [2.05, 4.69) is 5.32 Å². The van der Waals surface area contributed by atoms with Gasteiger partial charge in [-0.05, 0) is 26.3 Å². The van der Waals surface area contributed by atoms with Gasteiger partial charge >= 0.3 is 0 Å². The Labute approximate surface area is 105 Å². The molecule has 1 amide bonds. The molecule has 3 nitrogen and oxygen atoms in total. The van der Waals surface area contributed by atoms with Gasteiger partial charge in [0, 0.05) is 11.6 Å². The van der Waals surface area contributed by atoms with Gasteiger partial charge in [0.2, 0.25) is 5.91 Å². The van der Waals surface area contributed by atoms with E-state index < -0.39 is 23.6 Å². The van der Waals surface area contributed by atoms with Gasteiger partial charge in [-0.25, -0.2) is 8.78 Å². The first-order chi connectivity index (χ1) is 8.40. The molecule has 1 aromatic rings. The van der Waals surface area contributed by atoms with Gasteiger partial charge < -0.3 is 10.4 Å². The summed E-state index contributed by atoms with van der Waals surface area (Å²) in [6, 6.07) is 3.53. The van der Waals surface area contributed by atoms with Crippen LogP contribution >= 0.6 is 0 Å². The molecule has 100 valence electrons. The average molecular weight is 257 g/mol. The zero-order chi connectivity index (χ0) is 13.7. The van der Waals surface area contributed by atoms with Crippen LogP contribution in [0.3, 0.4) is 0 Å². The molecule has 2 N–H and O–H groups in total. The molecule has 0 radical (unpaired) electrons. The molecule has 2 atom stereocenters. The molecule has 0 aliphatic carbocycles. The third-order valence-electron chi connectivity index (χ3n) is 2.48. The number of amides is 1. The van der Waals surface area contributed by atoms with E-state index in [1.165, 1.54) is 12.1 Å². The third kappa shape index (κ3) is 4.41. The number of aliphatic hydroxyl groups excluding tert-OH is 1. The first-order valence-corrected chi connectivity index (χ1v) is 5.80. The molecular formula is C13H17F2NO2. The van der Waals surface area contributed by atoms with E-state index in [1.807, 2.05) is 0 Å². The Morgan fingerprint density at radius 1 is 1.39 bits per heavy atom. The van der Waals surface area contributed by atoms with Crippen LogP contribution < -0.4 is 5.32 Å². The number of carbonyl (C=O) groups excluding carboxylic acids is 1. The Hall–Kier alpha value is -1.49. The first-order valence-electron chi connectivity index (χ1n) is 5.80. The molecule has 0 bridgehead atoms. The predicted molar refractivity (Wildman–Crippen MR) is 64.0 cm³/mol. The Bertz CT molecular complexity index is 421. The fourth-order valence-electron chi connectivity index (χ4n) is 1.75. The van der Waals surface area contributed by atoms with Crippen LogP contribution in [0.1, 0.15) is 25.8 Å². The molecular weight excluding hydrogens is 240 g/mol. The summed E-state index contributed by atoms with van der Waals surface area (Å²) in [6.07, 6.45) is -0.323. The summed E-state index contributed by atoms with van der Waals surface area (Å²) in [5.74, 6) is -2.35. The Balaban J connectivity index is 2.57. The van der Waals surface area contributed by atoms with Gasteiger partial charge in [0.25, 0.3) is 0 Å². The second kappa shape index (κ2) is 6.44. The fraction of sp³-hybridized carbons (Fsp3) is 0.462. The second-order valence-corrected chi connectivity index (χ2v) is 4.44. The van der Waals surface area contributed by atoms with Gasteiger partial charge in [0.1, 0.15) is 0 Å². The van der Waals surface area contributed by atoms with Crippen molar-refractivity contribution in [1.29, 1.82) is 0 Å². The van der Waals surface area contributed by atoms with Crippen molar-refractivity contribution >= 4 is 5.91 Å². The van der Waals surface area contributed by atoms with E-state index in [1.54, 1.807) is 13.8 Å². The first kappa shape index (κ1) is 14.6. The van der Waals surface area contributed by atoms with Crippen LogP contribution in [0.5, 0.6) is 0 Å². The molecule has 0 saturated heterocycles. The van der Waals surface area contributed by atoms with Gasteiger partial charge in [-0.3, -0.25) is 4.79 Å². The quantitative estimate of drug-likeness (QED) is 0.844. The SMILES string of the molecule is CC(O)CC(C)NC(=O)Cc1cccc(F)c1F. The zero-order valence-electron chi connectivity index (χ0n) is 10.4. The largest absolute Gasteiger partial charge is 0.393 e. The minimum atomic E-state index is -0.990. The maximum atomic E-state index is 13.3. The molecule has 0 fully saturated rings. The molecule has 1 rings (SSSR count). The molecule has 0 aliphatic heterocycles. The molecule has 5 heteroatoms. The van der Waals surface area contributed by atoms with E-state index in [0.717, 1.165) is 6.07 Å². The van der Waals surface area contributed by atoms with E-state index >= 15 is 0 Å². The predicted octanol–water partition coefficient (Wildman–Crippen LogP) is 1.78. The van der Waals surface area contributed by atoms with Crippen molar-refractivity contribution in [1.82, 2.24) is 5.32 Å². The minimum Gasteiger partial charge on any atom is -0.393 e. The monoisotopic (exact) mass is 257 g/mol. The lowest BCUT2D eigenvalue weighted by molar-refractivity contribution is -0.121. The summed E-state index contributed by atoms with van der Waals surface area (Å²) in [5.41, 5.74) is 0.0248. The highest BCUT2D eigenvalue weighted by Gasteiger charge is 2.14. The lowest BCUT2D eigenvalue weighted by Gasteiger charge is -2.15. The smallest absolute Gasteiger partial charge is 0.224 e. The summed E-state index contributed by atoms with van der Waals surface area (Å²) in [4.78, 5) is 11.6. The lowest BCUT2D eigenvalue weighted by atomic mass is 10.1. The normalized spacial score (nSPS) is 14.1. The molecule has 0 spiro atoms. The van der Waals surface area contributed by atoms with Crippen molar-refractivity contribution in [2.45, 2.75) is 38.8 Å². The molecule has 1 aromatic carbocycles. The van der Waals surface area contributed by atoms with E-state index in [4.69, 9.17) is 5.11 Å². The van der Waals surface area contributed by atoms with Gasteiger partial charge in [0.15, 0.2) is 11.6 Å². The lowest BCUT2D eigenvalue weighted by Crippen LogP contribution is -2.35. The van der Waals surface area contributed by atoms with Gasteiger partial charge in [-0.15, -0.1) is 0 Å². The van der Waals surface area contributed by atoms with Crippen LogP contribution in [0.2, 0.25) is 0 Å². The molecule has 0 heterocycles. The van der Waals surface area contributed by atoms with Gasteiger partial charge in [-0.2, -0.15) is 0 Å². The maximum absolute atomic E-state index is 13.3. The summed E-state index contributed by atoms with van der Waals surface area (Å²) in [5, 5.41) is 11.8. The highest BCUT2D eigenvalue weighted by molar-refractivity contribution is 5.78. The van der Waals surface area contributed by atoms with Crippen LogP contribution in [0.25, 0.3) is 0 Å². The second-order valence-electron chi connectivity index (χ2n) is 4.44. The highest BCUT2D eigenvalue weighted by atomic mass is 19.2.